The third-order valence-corrected chi connectivity index (χ3v) is 5.47. The van der Waals surface area contributed by atoms with Crippen LogP contribution in [0.2, 0.25) is 0 Å². The lowest BCUT2D eigenvalue weighted by atomic mass is 9.95. The Labute approximate surface area is 190 Å². The Balaban J connectivity index is 2.05. The lowest BCUT2D eigenvalue weighted by molar-refractivity contribution is -0.139. The van der Waals surface area contributed by atoms with Crippen LogP contribution in [0.25, 0.3) is 5.76 Å². The van der Waals surface area contributed by atoms with Crippen molar-refractivity contribution >= 4 is 17.4 Å². The molecule has 1 N–H and O–H groups in total. The molecule has 0 radical (unpaired) electrons. The lowest BCUT2D eigenvalue weighted by Gasteiger charge is -2.26. The molecule has 0 bridgehead atoms. The summed E-state index contributed by atoms with van der Waals surface area (Å²) in [6.45, 7) is 7.01. The Bertz CT molecular complexity index is 1010. The van der Waals surface area contributed by atoms with Gasteiger partial charge in [-0.05, 0) is 77.2 Å². The van der Waals surface area contributed by atoms with E-state index in [4.69, 9.17) is 4.74 Å². The number of aliphatic hydroxyl groups excluding tert-OH is 1. The highest BCUT2D eigenvalue weighted by Crippen LogP contribution is 2.39. The van der Waals surface area contributed by atoms with Crippen LogP contribution in [0.5, 0.6) is 5.75 Å². The zero-order valence-corrected chi connectivity index (χ0v) is 19.5. The molecule has 0 aromatic heterocycles. The van der Waals surface area contributed by atoms with Gasteiger partial charge in [0.1, 0.15) is 11.5 Å². The van der Waals surface area contributed by atoms with Crippen LogP contribution in [-0.2, 0) is 9.59 Å². The summed E-state index contributed by atoms with van der Waals surface area (Å²) in [7, 11) is 3.94. The second-order valence-corrected chi connectivity index (χ2v) is 8.71. The van der Waals surface area contributed by atoms with Crippen LogP contribution in [-0.4, -0.2) is 59.9 Å². The van der Waals surface area contributed by atoms with E-state index < -0.39 is 17.7 Å². The van der Waals surface area contributed by atoms with Gasteiger partial charge in [0.05, 0.1) is 17.7 Å². The normalized spacial score (nSPS) is 18.1. The van der Waals surface area contributed by atoms with Gasteiger partial charge in [-0.3, -0.25) is 9.59 Å². The van der Waals surface area contributed by atoms with Gasteiger partial charge in [-0.25, -0.2) is 0 Å². The molecule has 1 amide bonds. The SMILES string of the molecule is Cc1cc(/C(O)=C2/C(=O)C(=O)N(CCCN(C)C)C2c2ccccc2)ccc1OC(C)C. The fourth-order valence-corrected chi connectivity index (χ4v) is 3.99. The molecule has 1 atom stereocenters. The summed E-state index contributed by atoms with van der Waals surface area (Å²) in [5.41, 5.74) is 2.27. The summed E-state index contributed by atoms with van der Waals surface area (Å²) in [6, 6.07) is 14.1. The molecule has 1 heterocycles. The highest BCUT2D eigenvalue weighted by Gasteiger charge is 2.45. The molecule has 2 aromatic carbocycles. The van der Waals surface area contributed by atoms with E-state index in [0.29, 0.717) is 12.1 Å². The van der Waals surface area contributed by atoms with Gasteiger partial charge < -0.3 is 19.6 Å². The molecular weight excluding hydrogens is 404 g/mol. The van der Waals surface area contributed by atoms with Crippen molar-refractivity contribution < 1.29 is 19.4 Å². The van der Waals surface area contributed by atoms with E-state index in [1.807, 2.05) is 70.1 Å². The van der Waals surface area contributed by atoms with Crippen LogP contribution in [0.1, 0.15) is 43.0 Å². The molecule has 32 heavy (non-hydrogen) atoms. The fourth-order valence-electron chi connectivity index (χ4n) is 3.99. The number of aliphatic hydroxyl groups is 1. The number of hydrogen-bond donors (Lipinski definition) is 1. The third-order valence-electron chi connectivity index (χ3n) is 5.47. The van der Waals surface area contributed by atoms with Crippen molar-refractivity contribution in [1.82, 2.24) is 9.80 Å². The maximum Gasteiger partial charge on any atom is 0.295 e. The number of ether oxygens (including phenoxy) is 1. The summed E-state index contributed by atoms with van der Waals surface area (Å²) in [4.78, 5) is 29.6. The predicted octanol–water partition coefficient (Wildman–Crippen LogP) is 4.16. The molecule has 1 fully saturated rings. The first-order valence-electron chi connectivity index (χ1n) is 11.0. The number of benzene rings is 2. The quantitative estimate of drug-likeness (QED) is 0.382. The second-order valence-electron chi connectivity index (χ2n) is 8.71. The maximum absolute atomic E-state index is 13.1. The molecule has 1 aliphatic rings. The van der Waals surface area contributed by atoms with Crippen molar-refractivity contribution in [2.24, 2.45) is 0 Å². The number of nitrogens with zero attached hydrogens (tertiary/aromatic N) is 2. The summed E-state index contributed by atoms with van der Waals surface area (Å²) in [6.07, 6.45) is 0.753. The fraction of sp³-hybridized carbons (Fsp3) is 0.385. The summed E-state index contributed by atoms with van der Waals surface area (Å²) >= 11 is 0. The van der Waals surface area contributed by atoms with Crippen molar-refractivity contribution in [2.45, 2.75) is 39.3 Å². The van der Waals surface area contributed by atoms with E-state index in [-0.39, 0.29) is 17.4 Å². The molecule has 170 valence electrons. The molecule has 6 heteroatoms. The van der Waals surface area contributed by atoms with Gasteiger partial charge in [0.2, 0.25) is 0 Å². The van der Waals surface area contributed by atoms with Crippen LogP contribution >= 0.6 is 0 Å². The second kappa shape index (κ2) is 10.0. The van der Waals surface area contributed by atoms with E-state index in [1.165, 1.54) is 0 Å². The zero-order chi connectivity index (χ0) is 23.4. The van der Waals surface area contributed by atoms with Crippen molar-refractivity contribution in [3.8, 4) is 5.75 Å². The monoisotopic (exact) mass is 436 g/mol. The first kappa shape index (κ1) is 23.5. The average molecular weight is 437 g/mol. The number of carbonyl (C=O) groups excluding carboxylic acids is 2. The van der Waals surface area contributed by atoms with Crippen molar-refractivity contribution in [1.29, 1.82) is 0 Å². The Kier molecular flexibility index (Phi) is 7.36. The summed E-state index contributed by atoms with van der Waals surface area (Å²) < 4.78 is 5.78. The number of Topliss-reactive ketones (excluding diaryl/α,β-unsaturated/α-hetero) is 1. The van der Waals surface area contributed by atoms with Crippen LogP contribution in [0.3, 0.4) is 0 Å². The Morgan fingerprint density at radius 2 is 1.81 bits per heavy atom. The van der Waals surface area contributed by atoms with Crippen molar-refractivity contribution in [2.75, 3.05) is 27.2 Å². The highest BCUT2D eigenvalue weighted by atomic mass is 16.5. The van der Waals surface area contributed by atoms with Crippen molar-refractivity contribution in [3.63, 3.8) is 0 Å². The minimum Gasteiger partial charge on any atom is -0.507 e. The molecule has 6 nitrogen and oxygen atoms in total. The number of ketones is 1. The first-order chi connectivity index (χ1) is 15.2. The molecular formula is C26H32N2O4. The molecule has 3 rings (SSSR count). The largest absolute Gasteiger partial charge is 0.507 e. The first-order valence-corrected chi connectivity index (χ1v) is 11.0. The molecule has 0 spiro atoms. The van der Waals surface area contributed by atoms with Crippen molar-refractivity contribution in [3.05, 3.63) is 70.8 Å². The Morgan fingerprint density at radius 3 is 2.41 bits per heavy atom. The van der Waals surface area contributed by atoms with Crippen LogP contribution < -0.4 is 4.74 Å². The number of hydrogen-bond acceptors (Lipinski definition) is 5. The Morgan fingerprint density at radius 1 is 1.12 bits per heavy atom. The third kappa shape index (κ3) is 5.02. The van der Waals surface area contributed by atoms with Gasteiger partial charge >= 0.3 is 0 Å². The molecule has 1 aliphatic heterocycles. The number of amides is 1. The number of carbonyl (C=O) groups is 2. The lowest BCUT2D eigenvalue weighted by Crippen LogP contribution is -2.32. The predicted molar refractivity (Wildman–Crippen MR) is 126 cm³/mol. The average Bonchev–Trinajstić information content (AvgIpc) is 2.99. The zero-order valence-electron chi connectivity index (χ0n) is 19.5. The van der Waals surface area contributed by atoms with Gasteiger partial charge in [-0.2, -0.15) is 0 Å². The van der Waals surface area contributed by atoms with Gasteiger partial charge in [-0.15, -0.1) is 0 Å². The Hall–Kier alpha value is -3.12. The van der Waals surface area contributed by atoms with Gasteiger partial charge in [0.15, 0.2) is 0 Å². The van der Waals surface area contributed by atoms with Crippen LogP contribution in [0.15, 0.2) is 54.1 Å². The summed E-state index contributed by atoms with van der Waals surface area (Å²) in [5, 5.41) is 11.2. The van der Waals surface area contributed by atoms with Gasteiger partial charge in [0.25, 0.3) is 11.7 Å². The van der Waals surface area contributed by atoms with E-state index in [2.05, 4.69) is 0 Å². The number of aryl methyl sites for hydroxylation is 1. The molecule has 1 unspecified atom stereocenters. The number of likely N-dealkylation sites (tertiary alicyclic amines) is 1. The van der Waals surface area contributed by atoms with E-state index in [9.17, 15) is 14.7 Å². The molecule has 0 saturated carbocycles. The highest BCUT2D eigenvalue weighted by molar-refractivity contribution is 6.46. The number of rotatable bonds is 8. The van der Waals surface area contributed by atoms with E-state index in [0.717, 1.165) is 29.8 Å². The molecule has 1 saturated heterocycles. The van der Waals surface area contributed by atoms with Gasteiger partial charge in [-0.1, -0.05) is 30.3 Å². The maximum atomic E-state index is 13.1. The smallest absolute Gasteiger partial charge is 0.295 e. The van der Waals surface area contributed by atoms with Crippen LogP contribution in [0, 0.1) is 6.92 Å². The standard InChI is InChI=1S/C26H32N2O4/c1-17(2)32-21-13-12-20(16-18(21)3)24(29)22-23(19-10-7-6-8-11-19)28(26(31)25(22)30)15-9-14-27(4)5/h6-8,10-13,16-17,23,29H,9,14-15H2,1-5H3/b24-22-. The molecule has 0 aliphatic carbocycles. The molecule has 2 aromatic rings. The summed E-state index contributed by atoms with van der Waals surface area (Å²) in [5.74, 6) is -0.663. The van der Waals surface area contributed by atoms with Crippen LogP contribution in [0.4, 0.5) is 0 Å². The van der Waals surface area contributed by atoms with E-state index >= 15 is 0 Å². The van der Waals surface area contributed by atoms with E-state index in [1.54, 1.807) is 23.1 Å². The topological polar surface area (TPSA) is 70.1 Å². The van der Waals surface area contributed by atoms with Gasteiger partial charge in [0, 0.05) is 12.1 Å². The minimum atomic E-state index is -0.652. The minimum absolute atomic E-state index is 0.0266.